The maximum atomic E-state index is 13.7. The first-order valence-corrected chi connectivity index (χ1v) is 9.59. The van der Waals surface area contributed by atoms with Crippen molar-refractivity contribution in [2.24, 2.45) is 0 Å². The van der Waals surface area contributed by atoms with Crippen LogP contribution in [0.4, 0.5) is 4.39 Å². The van der Waals surface area contributed by atoms with Gasteiger partial charge in [0, 0.05) is 51.9 Å². The van der Waals surface area contributed by atoms with Gasteiger partial charge in [-0.2, -0.15) is 0 Å². The van der Waals surface area contributed by atoms with Crippen molar-refractivity contribution in [1.82, 2.24) is 25.1 Å². The van der Waals surface area contributed by atoms with Crippen LogP contribution in [0.5, 0.6) is 5.75 Å². The second kappa shape index (κ2) is 8.96. The predicted molar refractivity (Wildman–Crippen MR) is 115 cm³/mol. The second-order valence-electron chi connectivity index (χ2n) is 7.44. The summed E-state index contributed by atoms with van der Waals surface area (Å²) in [7, 11) is 6.14. The molecule has 0 spiro atoms. The van der Waals surface area contributed by atoms with Gasteiger partial charge in [-0.1, -0.05) is 6.07 Å². The third-order valence-corrected chi connectivity index (χ3v) is 4.71. The summed E-state index contributed by atoms with van der Waals surface area (Å²) in [6.45, 7) is -0.133. The van der Waals surface area contributed by atoms with Gasteiger partial charge in [0.05, 0.1) is 0 Å². The van der Waals surface area contributed by atoms with Gasteiger partial charge in [0.25, 0.3) is 17.7 Å². The quantitative estimate of drug-likeness (QED) is 0.627. The normalized spacial score (nSPS) is 10.7. The van der Waals surface area contributed by atoms with E-state index in [9.17, 15) is 23.9 Å². The molecule has 0 aliphatic rings. The molecule has 1 aromatic carbocycles. The number of aromatic hydroxyl groups is 1. The zero-order valence-corrected chi connectivity index (χ0v) is 18.0. The summed E-state index contributed by atoms with van der Waals surface area (Å²) in [5, 5.41) is 13.5. The van der Waals surface area contributed by atoms with E-state index in [4.69, 9.17) is 0 Å². The number of carbonyl (C=O) groups is 3. The summed E-state index contributed by atoms with van der Waals surface area (Å²) in [6.07, 6.45) is 1.42. The number of hydrogen-bond acceptors (Lipinski definition) is 6. The first-order chi connectivity index (χ1) is 15.1. The number of rotatable bonds is 5. The summed E-state index contributed by atoms with van der Waals surface area (Å²) < 4.78 is 13.7. The van der Waals surface area contributed by atoms with E-state index in [1.54, 1.807) is 12.1 Å². The molecule has 0 unspecified atom stereocenters. The molecule has 2 aromatic heterocycles. The minimum absolute atomic E-state index is 0.0358. The molecule has 0 aliphatic heterocycles. The van der Waals surface area contributed by atoms with Crippen LogP contribution in [0.1, 0.15) is 36.9 Å². The van der Waals surface area contributed by atoms with Crippen LogP contribution in [0.3, 0.4) is 0 Å². The zero-order valence-electron chi connectivity index (χ0n) is 18.0. The highest BCUT2D eigenvalue weighted by molar-refractivity contribution is 6.09. The average Bonchev–Trinajstić information content (AvgIpc) is 2.77. The number of nitrogens with one attached hydrogen (secondary N) is 1. The van der Waals surface area contributed by atoms with E-state index < -0.39 is 29.3 Å². The smallest absolute Gasteiger partial charge is 0.274 e. The van der Waals surface area contributed by atoms with Gasteiger partial charge in [-0.3, -0.25) is 19.4 Å². The summed E-state index contributed by atoms with van der Waals surface area (Å²) in [5.41, 5.74) is 0.107. The van der Waals surface area contributed by atoms with Crippen molar-refractivity contribution in [2.45, 2.75) is 6.54 Å². The van der Waals surface area contributed by atoms with Crippen LogP contribution in [0, 0.1) is 5.82 Å². The van der Waals surface area contributed by atoms with Gasteiger partial charge in [0.15, 0.2) is 11.4 Å². The Morgan fingerprint density at radius 1 is 1.03 bits per heavy atom. The number of pyridine rings is 2. The highest BCUT2D eigenvalue weighted by atomic mass is 19.1. The van der Waals surface area contributed by atoms with E-state index >= 15 is 0 Å². The molecule has 10 heteroatoms. The third-order valence-electron chi connectivity index (χ3n) is 4.71. The molecule has 0 saturated carbocycles. The van der Waals surface area contributed by atoms with Crippen LogP contribution in [-0.4, -0.2) is 70.8 Å². The Kier molecular flexibility index (Phi) is 6.33. The topological polar surface area (TPSA) is 116 Å². The lowest BCUT2D eigenvalue weighted by molar-refractivity contribution is 0.0816. The fourth-order valence-corrected chi connectivity index (χ4v) is 3.06. The molecule has 0 atom stereocenters. The molecule has 0 fully saturated rings. The van der Waals surface area contributed by atoms with Gasteiger partial charge in [0.2, 0.25) is 0 Å². The van der Waals surface area contributed by atoms with Crippen LogP contribution < -0.4 is 5.32 Å². The minimum Gasteiger partial charge on any atom is -0.504 e. The molecule has 2 N–H and O–H groups in total. The van der Waals surface area contributed by atoms with Crippen molar-refractivity contribution in [1.29, 1.82) is 0 Å². The van der Waals surface area contributed by atoms with Crippen molar-refractivity contribution in [3.63, 3.8) is 0 Å². The summed E-state index contributed by atoms with van der Waals surface area (Å²) in [6, 6.07) is 6.83. The van der Waals surface area contributed by atoms with Crippen molar-refractivity contribution in [2.75, 3.05) is 28.2 Å². The third kappa shape index (κ3) is 4.34. The minimum atomic E-state index is -0.782. The Bertz CT molecular complexity index is 1230. The van der Waals surface area contributed by atoms with E-state index in [1.807, 2.05) is 0 Å². The molecule has 3 rings (SSSR count). The van der Waals surface area contributed by atoms with E-state index in [0.29, 0.717) is 10.9 Å². The molecular weight excluding hydrogens is 417 g/mol. The highest BCUT2D eigenvalue weighted by Gasteiger charge is 2.24. The molecule has 0 bridgehead atoms. The van der Waals surface area contributed by atoms with Gasteiger partial charge < -0.3 is 20.2 Å². The maximum absolute atomic E-state index is 13.7. The first kappa shape index (κ1) is 22.6. The molecule has 3 amide bonds. The van der Waals surface area contributed by atoms with Crippen molar-refractivity contribution in [3.8, 4) is 5.75 Å². The lowest BCUT2D eigenvalue weighted by Gasteiger charge is -2.16. The molecule has 0 radical (unpaired) electrons. The number of aromatic nitrogens is 2. The fourth-order valence-electron chi connectivity index (χ4n) is 3.06. The number of benzene rings is 1. The number of nitrogens with zero attached hydrogens (tertiary/aromatic N) is 4. The Morgan fingerprint density at radius 3 is 2.38 bits per heavy atom. The lowest BCUT2D eigenvalue weighted by Crippen LogP contribution is -2.29. The van der Waals surface area contributed by atoms with Crippen molar-refractivity contribution in [3.05, 3.63) is 64.9 Å². The summed E-state index contributed by atoms with van der Waals surface area (Å²) in [4.78, 5) is 48.6. The SMILES string of the molecule is CN(C)C(=O)c1cc(F)ccc1CNC(=O)c1nc(C(=O)N(C)C)c2cccnc2c1O. The fraction of sp³-hybridized carbons (Fsp3) is 0.227. The predicted octanol–water partition coefficient (Wildman–Crippen LogP) is 1.81. The molecular formula is C22H22FN5O4. The van der Waals surface area contributed by atoms with Crippen molar-refractivity contribution < 1.29 is 23.9 Å². The van der Waals surface area contributed by atoms with E-state index in [1.165, 1.54) is 56.3 Å². The summed E-state index contributed by atoms with van der Waals surface area (Å²) >= 11 is 0. The van der Waals surface area contributed by atoms with Gasteiger partial charge >= 0.3 is 0 Å². The molecule has 0 saturated heterocycles. The highest BCUT2D eigenvalue weighted by Crippen LogP contribution is 2.28. The number of hydrogen-bond donors (Lipinski definition) is 2. The molecule has 166 valence electrons. The van der Waals surface area contributed by atoms with E-state index in [-0.39, 0.29) is 29.0 Å². The second-order valence-corrected chi connectivity index (χ2v) is 7.44. The average molecular weight is 439 g/mol. The van der Waals surface area contributed by atoms with E-state index in [0.717, 1.165) is 6.07 Å². The van der Waals surface area contributed by atoms with Crippen LogP contribution in [0.15, 0.2) is 36.5 Å². The number of fused-ring (bicyclic) bond motifs is 1. The lowest BCUT2D eigenvalue weighted by atomic mass is 10.1. The number of amides is 3. The first-order valence-electron chi connectivity index (χ1n) is 9.59. The molecule has 9 nitrogen and oxygen atoms in total. The Balaban J connectivity index is 1.98. The van der Waals surface area contributed by atoms with Gasteiger partial charge in [-0.25, -0.2) is 9.37 Å². The zero-order chi connectivity index (χ0) is 23.6. The van der Waals surface area contributed by atoms with Crippen LogP contribution in [0.25, 0.3) is 10.9 Å². The number of carbonyl (C=O) groups excluding carboxylic acids is 3. The summed E-state index contributed by atoms with van der Waals surface area (Å²) in [5.74, 6) is -2.73. The van der Waals surface area contributed by atoms with E-state index in [2.05, 4.69) is 15.3 Å². The molecule has 32 heavy (non-hydrogen) atoms. The standard InChI is InChI=1S/C22H22FN5O4/c1-27(2)21(31)15-10-13(23)8-7-12(15)11-25-20(30)18-19(29)16-14(6-5-9-24-16)17(26-18)22(32)28(3)4/h5-10,29H,11H2,1-4H3,(H,25,30). The van der Waals surface area contributed by atoms with Gasteiger partial charge in [-0.15, -0.1) is 0 Å². The number of halogens is 1. The van der Waals surface area contributed by atoms with Gasteiger partial charge in [0.1, 0.15) is 17.0 Å². The molecule has 0 aliphatic carbocycles. The van der Waals surface area contributed by atoms with Crippen molar-refractivity contribution >= 4 is 28.6 Å². The maximum Gasteiger partial charge on any atom is 0.274 e. The Morgan fingerprint density at radius 2 is 1.72 bits per heavy atom. The molecule has 2 heterocycles. The van der Waals surface area contributed by atoms with Crippen LogP contribution in [0.2, 0.25) is 0 Å². The monoisotopic (exact) mass is 439 g/mol. The molecule has 3 aromatic rings. The Hall–Kier alpha value is -4.08. The largest absolute Gasteiger partial charge is 0.504 e. The van der Waals surface area contributed by atoms with Gasteiger partial charge in [-0.05, 0) is 29.8 Å². The van der Waals surface area contributed by atoms with Crippen LogP contribution >= 0.6 is 0 Å². The van der Waals surface area contributed by atoms with Crippen LogP contribution in [-0.2, 0) is 6.54 Å². The Labute approximate surface area is 183 Å².